The second-order valence-corrected chi connectivity index (χ2v) is 22.8. The molecule has 4 aromatic carbocycles. The van der Waals surface area contributed by atoms with Gasteiger partial charge in [0.15, 0.2) is 11.6 Å². The van der Waals surface area contributed by atoms with Gasteiger partial charge in [-0.05, 0) is 79.1 Å². The molecule has 1 fully saturated rings. The molecular formula is C61H71ClN8O10S. The number of carbonyl (C=O) groups excluding carboxylic acids is 5. The number of methoxy groups -OCH3 is 1. The van der Waals surface area contributed by atoms with Crippen molar-refractivity contribution >= 4 is 57.9 Å². The fourth-order valence-electron chi connectivity index (χ4n) is 10.0. The first kappa shape index (κ1) is 60.1. The van der Waals surface area contributed by atoms with Crippen LogP contribution in [0.2, 0.25) is 5.02 Å². The van der Waals surface area contributed by atoms with E-state index >= 15 is 0 Å². The number of aliphatic hydroxyl groups excluding tert-OH is 1. The minimum absolute atomic E-state index is 0.00499. The molecule has 18 nitrogen and oxygen atoms in total. The summed E-state index contributed by atoms with van der Waals surface area (Å²) >= 11 is 7.81. The van der Waals surface area contributed by atoms with Gasteiger partial charge in [0.05, 0.1) is 67.1 Å². The topological polar surface area (TPSA) is 226 Å². The molecule has 1 saturated heterocycles. The molecule has 0 saturated carbocycles. The molecule has 0 bridgehead atoms. The van der Waals surface area contributed by atoms with Crippen molar-refractivity contribution in [2.24, 2.45) is 16.3 Å². The first-order valence-electron chi connectivity index (χ1n) is 27.3. The molecule has 4 heterocycles. The lowest BCUT2D eigenvalue weighted by Gasteiger charge is -2.36. The number of aliphatic imine (C=N–C) groups is 1. The fourth-order valence-corrected chi connectivity index (χ4v) is 11.0. The van der Waals surface area contributed by atoms with Crippen LogP contribution in [0.3, 0.4) is 0 Å². The summed E-state index contributed by atoms with van der Waals surface area (Å²) in [6.45, 7) is 10.4. The van der Waals surface area contributed by atoms with Crippen LogP contribution in [-0.4, -0.2) is 136 Å². The van der Waals surface area contributed by atoms with Gasteiger partial charge in [0.25, 0.3) is 0 Å². The maximum atomic E-state index is 14.5. The van der Waals surface area contributed by atoms with E-state index in [2.05, 4.69) is 25.8 Å². The third kappa shape index (κ3) is 15.9. The summed E-state index contributed by atoms with van der Waals surface area (Å²) in [5, 5.41) is 26.1. The monoisotopic (exact) mass is 1140 g/mol. The summed E-state index contributed by atoms with van der Waals surface area (Å²) in [6, 6.07) is 27.7. The molecule has 81 heavy (non-hydrogen) atoms. The van der Waals surface area contributed by atoms with Gasteiger partial charge in [-0.15, -0.1) is 21.5 Å². The van der Waals surface area contributed by atoms with Gasteiger partial charge in [-0.25, -0.2) is 4.98 Å². The van der Waals surface area contributed by atoms with E-state index in [1.165, 1.54) is 4.90 Å². The number of nitrogens with one attached hydrogen (secondary N) is 2. The number of β-amino-alcohol motifs (C(OH)–C–C–N with tert-alkyl or cyclic N) is 1. The molecule has 8 rings (SSSR count). The van der Waals surface area contributed by atoms with E-state index < -0.39 is 53.3 Å². The Morgan fingerprint density at radius 1 is 0.840 bits per heavy atom. The number of nitrogens with zero attached hydrogens (tertiary/aromatic N) is 6. The van der Waals surface area contributed by atoms with Crippen LogP contribution in [0.4, 0.5) is 0 Å². The minimum atomic E-state index is -1.08. The zero-order chi connectivity index (χ0) is 57.6. The number of carbonyl (C=O) groups is 5. The Balaban J connectivity index is 0.767. The lowest BCUT2D eigenvalue weighted by atomic mass is 9.84. The highest BCUT2D eigenvalue weighted by Crippen LogP contribution is 2.35. The number of likely N-dealkylation sites (tertiary alicyclic amines) is 1. The van der Waals surface area contributed by atoms with Gasteiger partial charge in [-0.2, -0.15) is 0 Å². The van der Waals surface area contributed by atoms with Gasteiger partial charge in [0, 0.05) is 67.4 Å². The Hall–Kier alpha value is -7.00. The third-order valence-electron chi connectivity index (χ3n) is 14.3. The summed E-state index contributed by atoms with van der Waals surface area (Å²) in [5.74, 6) is -0.626. The van der Waals surface area contributed by atoms with Crippen LogP contribution in [0.25, 0.3) is 16.1 Å². The van der Waals surface area contributed by atoms with E-state index in [0.29, 0.717) is 47.8 Å². The molecule has 20 heteroatoms. The van der Waals surface area contributed by atoms with E-state index in [1.54, 1.807) is 24.0 Å². The first-order valence-corrected chi connectivity index (χ1v) is 28.5. The largest absolute Gasteiger partial charge is 0.497 e. The standard InChI is InChI=1S/C61H71ClN8O10S/c1-38-55(81-37-64-38)43-16-14-41(15-17-43)34-63-59(75)53-32-47(72)35-69(53)60(76)56(61(3,4)5)66-58(74)44(29-40-11-8-7-9-12-40)30-48(73)36-80-28-27-79-26-25-78-24-10-13-46(71)31-51-57-68-67-39(2)70(57)52-23-22-49(77-6)33-50(52)54(65-51)42-18-20-45(62)21-19-42/h7-9,11-12,14-23,33,37,44,47,51,53,56,72H,10,13,24-32,34-36H2,1-6H3,(H,63,75)(H,66,74)/t44-,47-,51?,53+,56-/m1/s1. The molecule has 2 aliphatic heterocycles. The summed E-state index contributed by atoms with van der Waals surface area (Å²) in [4.78, 5) is 81.3. The molecule has 3 N–H and O–H groups in total. The SMILES string of the molecule is COc1ccc2c(c1)C(c1ccc(Cl)cc1)=NC(CC(=O)CCCOCCOCCOCC(=O)C[C@@H](Cc1ccccc1)C(=O)N[C@H](C(=O)N1C[C@H](O)C[C@H]1C(=O)NCc1ccc(-c3scnc3C)cc1)C(C)(C)C)c1nnc(C)n1-2. The number of hydrogen-bond acceptors (Lipinski definition) is 15. The smallest absolute Gasteiger partial charge is 0.246 e. The Labute approximate surface area is 481 Å². The Bertz CT molecular complexity index is 3160. The van der Waals surface area contributed by atoms with Crippen molar-refractivity contribution in [1.29, 1.82) is 0 Å². The van der Waals surface area contributed by atoms with Crippen molar-refractivity contribution in [3.05, 3.63) is 147 Å². The van der Waals surface area contributed by atoms with Crippen molar-refractivity contribution in [1.82, 2.24) is 35.3 Å². The van der Waals surface area contributed by atoms with Gasteiger partial charge in [-0.3, -0.25) is 33.5 Å². The number of ketones is 2. The molecule has 0 spiro atoms. The number of Topliss-reactive ketones (excluding diaryl/α,β-unsaturated/α-hetero) is 2. The molecule has 6 aromatic rings. The zero-order valence-corrected chi connectivity index (χ0v) is 48.3. The number of aliphatic hydroxyl groups is 1. The van der Waals surface area contributed by atoms with Crippen molar-refractivity contribution in [3.8, 4) is 21.9 Å². The molecule has 0 radical (unpaired) electrons. The van der Waals surface area contributed by atoms with Crippen LogP contribution in [0, 0.1) is 25.2 Å². The number of aryl methyl sites for hydroxylation is 2. The minimum Gasteiger partial charge on any atom is -0.497 e. The maximum absolute atomic E-state index is 14.5. The van der Waals surface area contributed by atoms with E-state index in [4.69, 9.17) is 35.5 Å². The number of halogens is 1. The number of aromatic nitrogens is 4. The van der Waals surface area contributed by atoms with Gasteiger partial charge in [0.2, 0.25) is 17.7 Å². The molecule has 1 unspecified atom stereocenters. The van der Waals surface area contributed by atoms with Crippen LogP contribution < -0.4 is 15.4 Å². The Morgan fingerprint density at radius 2 is 1.54 bits per heavy atom. The quantitative estimate of drug-likeness (QED) is 0.0417. The number of amides is 3. The Morgan fingerprint density at radius 3 is 2.23 bits per heavy atom. The third-order valence-corrected chi connectivity index (χ3v) is 15.5. The fraction of sp³-hybridized carbons (Fsp3) is 0.426. The maximum Gasteiger partial charge on any atom is 0.246 e. The van der Waals surface area contributed by atoms with Gasteiger partial charge in [-0.1, -0.05) is 99.1 Å². The number of rotatable bonds is 27. The summed E-state index contributed by atoms with van der Waals surface area (Å²) < 4.78 is 24.7. The van der Waals surface area contributed by atoms with Crippen LogP contribution in [-0.2, 0) is 51.1 Å². The molecule has 2 aromatic heterocycles. The van der Waals surface area contributed by atoms with Gasteiger partial charge >= 0.3 is 0 Å². The van der Waals surface area contributed by atoms with E-state index in [0.717, 1.165) is 44.1 Å². The second kappa shape index (κ2) is 28.1. The average Bonchev–Trinajstić information content (AvgIpc) is 4.20. The Kier molecular flexibility index (Phi) is 20.9. The number of ether oxygens (including phenoxy) is 4. The van der Waals surface area contributed by atoms with Crippen molar-refractivity contribution < 1.29 is 48.0 Å². The van der Waals surface area contributed by atoms with Crippen LogP contribution >= 0.6 is 22.9 Å². The van der Waals surface area contributed by atoms with Crippen LogP contribution in [0.1, 0.15) is 98.5 Å². The number of thiazole rings is 1. The lowest BCUT2D eigenvalue weighted by Crippen LogP contribution is -2.58. The van der Waals surface area contributed by atoms with Crippen molar-refractivity contribution in [2.45, 2.75) is 104 Å². The van der Waals surface area contributed by atoms with Crippen LogP contribution in [0.15, 0.2) is 108 Å². The predicted octanol–water partition coefficient (Wildman–Crippen LogP) is 7.98. The summed E-state index contributed by atoms with van der Waals surface area (Å²) in [6.07, 6.45) is 0.0933. The molecule has 428 valence electrons. The number of hydrogen-bond donors (Lipinski definition) is 3. The highest BCUT2D eigenvalue weighted by Gasteiger charge is 2.45. The first-order chi connectivity index (χ1) is 39.0. The molecule has 3 amide bonds. The summed E-state index contributed by atoms with van der Waals surface area (Å²) in [5.41, 5.74) is 7.85. The van der Waals surface area contributed by atoms with Crippen molar-refractivity contribution in [3.63, 3.8) is 0 Å². The number of benzene rings is 4. The zero-order valence-electron chi connectivity index (χ0n) is 46.7. The van der Waals surface area contributed by atoms with E-state index in [9.17, 15) is 29.1 Å². The average molecular weight is 1140 g/mol. The predicted molar refractivity (Wildman–Crippen MR) is 309 cm³/mol. The normalized spacial score (nSPS) is 16.6. The molecule has 2 aliphatic rings. The van der Waals surface area contributed by atoms with Gasteiger partial charge < -0.3 is 39.6 Å². The second-order valence-electron chi connectivity index (χ2n) is 21.5. The van der Waals surface area contributed by atoms with Gasteiger partial charge in [0.1, 0.15) is 42.1 Å². The molecule has 0 aliphatic carbocycles. The van der Waals surface area contributed by atoms with E-state index in [-0.39, 0.29) is 83.2 Å². The van der Waals surface area contributed by atoms with Crippen molar-refractivity contribution in [2.75, 3.05) is 53.3 Å². The van der Waals surface area contributed by atoms with E-state index in [1.807, 2.05) is 136 Å². The molecule has 5 atom stereocenters. The summed E-state index contributed by atoms with van der Waals surface area (Å²) in [7, 11) is 1.61. The highest BCUT2D eigenvalue weighted by atomic mass is 35.5. The highest BCUT2D eigenvalue weighted by molar-refractivity contribution is 7.13. The number of fused-ring (bicyclic) bond motifs is 3. The molecular weight excluding hydrogens is 1070 g/mol. The van der Waals surface area contributed by atoms with Crippen LogP contribution in [0.5, 0.6) is 5.75 Å². The lowest BCUT2D eigenvalue weighted by molar-refractivity contribution is -0.144.